The van der Waals surface area contributed by atoms with Crippen molar-refractivity contribution in [2.75, 3.05) is 26.3 Å². The average Bonchev–Trinajstić information content (AvgIpc) is 2.48. The first kappa shape index (κ1) is 15.3. The lowest BCUT2D eigenvalue weighted by atomic mass is 9.84. The van der Waals surface area contributed by atoms with Crippen molar-refractivity contribution in [3.63, 3.8) is 0 Å². The van der Waals surface area contributed by atoms with E-state index in [1.165, 1.54) is 0 Å². The molecule has 2 rings (SSSR count). The SMILES string of the molecule is CCC(c1cccc(Cl)c1)C(C)C(=O)N1CCOCC1. The molecule has 2 unspecified atom stereocenters. The van der Waals surface area contributed by atoms with Gasteiger partial charge < -0.3 is 9.64 Å². The fourth-order valence-electron chi connectivity index (χ4n) is 2.86. The number of carbonyl (C=O) groups is 1. The molecular weight excluding hydrogens is 274 g/mol. The summed E-state index contributed by atoms with van der Waals surface area (Å²) in [7, 11) is 0. The molecular formula is C16H22ClNO2. The number of amides is 1. The highest BCUT2D eigenvalue weighted by molar-refractivity contribution is 6.30. The van der Waals surface area contributed by atoms with Crippen LogP contribution in [0.25, 0.3) is 0 Å². The fraction of sp³-hybridized carbons (Fsp3) is 0.562. The molecule has 4 heteroatoms. The van der Waals surface area contributed by atoms with Crippen molar-refractivity contribution in [3.05, 3.63) is 34.9 Å². The van der Waals surface area contributed by atoms with Crippen molar-refractivity contribution in [1.82, 2.24) is 4.90 Å². The standard InChI is InChI=1S/C16H22ClNO2/c1-3-15(13-5-4-6-14(17)11-13)12(2)16(19)18-7-9-20-10-8-18/h4-6,11-12,15H,3,7-10H2,1-2H3. The molecule has 1 amide bonds. The molecule has 3 nitrogen and oxygen atoms in total. The number of hydrogen-bond donors (Lipinski definition) is 0. The minimum absolute atomic E-state index is 0.0310. The second-order valence-electron chi connectivity index (χ2n) is 5.30. The molecule has 20 heavy (non-hydrogen) atoms. The zero-order chi connectivity index (χ0) is 14.5. The lowest BCUT2D eigenvalue weighted by molar-refractivity contribution is -0.139. The normalized spacial score (nSPS) is 18.6. The Kier molecular flexibility index (Phi) is 5.44. The van der Waals surface area contributed by atoms with Gasteiger partial charge in [-0.2, -0.15) is 0 Å². The molecule has 0 spiro atoms. The van der Waals surface area contributed by atoms with E-state index >= 15 is 0 Å². The number of benzene rings is 1. The molecule has 0 saturated carbocycles. The van der Waals surface area contributed by atoms with Crippen LogP contribution in [0.2, 0.25) is 5.02 Å². The highest BCUT2D eigenvalue weighted by Crippen LogP contribution is 2.31. The second kappa shape index (κ2) is 7.09. The number of rotatable bonds is 4. The number of carbonyl (C=O) groups excluding carboxylic acids is 1. The Morgan fingerprint density at radius 2 is 2.10 bits per heavy atom. The quantitative estimate of drug-likeness (QED) is 0.853. The van der Waals surface area contributed by atoms with Crippen molar-refractivity contribution < 1.29 is 9.53 Å². The van der Waals surface area contributed by atoms with Crippen LogP contribution < -0.4 is 0 Å². The monoisotopic (exact) mass is 295 g/mol. The van der Waals surface area contributed by atoms with Crippen molar-refractivity contribution >= 4 is 17.5 Å². The molecule has 1 aromatic rings. The van der Waals surface area contributed by atoms with Gasteiger partial charge in [0.1, 0.15) is 0 Å². The Hall–Kier alpha value is -1.06. The van der Waals surface area contributed by atoms with Gasteiger partial charge in [-0.3, -0.25) is 4.79 Å². The van der Waals surface area contributed by atoms with E-state index in [0.717, 1.165) is 17.0 Å². The topological polar surface area (TPSA) is 29.5 Å². The Morgan fingerprint density at radius 1 is 1.40 bits per heavy atom. The molecule has 0 bridgehead atoms. The van der Waals surface area contributed by atoms with Gasteiger partial charge in [0.25, 0.3) is 0 Å². The molecule has 110 valence electrons. The largest absolute Gasteiger partial charge is 0.378 e. The van der Waals surface area contributed by atoms with Crippen molar-refractivity contribution in [2.45, 2.75) is 26.2 Å². The summed E-state index contributed by atoms with van der Waals surface area (Å²) >= 11 is 6.07. The van der Waals surface area contributed by atoms with Crippen LogP contribution in [0.4, 0.5) is 0 Å². The van der Waals surface area contributed by atoms with Gasteiger partial charge in [0, 0.05) is 24.0 Å². The van der Waals surface area contributed by atoms with Crippen LogP contribution in [0, 0.1) is 5.92 Å². The van der Waals surface area contributed by atoms with Gasteiger partial charge in [-0.1, -0.05) is 37.6 Å². The number of ether oxygens (including phenoxy) is 1. The second-order valence-corrected chi connectivity index (χ2v) is 5.73. The molecule has 1 aliphatic heterocycles. The maximum Gasteiger partial charge on any atom is 0.226 e. The summed E-state index contributed by atoms with van der Waals surface area (Å²) in [6.45, 7) is 6.84. The van der Waals surface area contributed by atoms with E-state index < -0.39 is 0 Å². The van der Waals surface area contributed by atoms with Gasteiger partial charge in [-0.15, -0.1) is 0 Å². The molecule has 1 fully saturated rings. The first-order valence-corrected chi connectivity index (χ1v) is 7.63. The fourth-order valence-corrected chi connectivity index (χ4v) is 3.06. The Balaban J connectivity index is 2.11. The van der Waals surface area contributed by atoms with Crippen molar-refractivity contribution in [1.29, 1.82) is 0 Å². The first-order valence-electron chi connectivity index (χ1n) is 7.25. The van der Waals surface area contributed by atoms with Gasteiger partial charge in [0.15, 0.2) is 0 Å². The zero-order valence-corrected chi connectivity index (χ0v) is 12.9. The summed E-state index contributed by atoms with van der Waals surface area (Å²) in [4.78, 5) is 14.5. The maximum absolute atomic E-state index is 12.6. The lowest BCUT2D eigenvalue weighted by Gasteiger charge is -2.32. The first-order chi connectivity index (χ1) is 9.63. The van der Waals surface area contributed by atoms with Crippen molar-refractivity contribution in [3.8, 4) is 0 Å². The molecule has 0 radical (unpaired) electrons. The predicted octanol–water partition coefficient (Wildman–Crippen LogP) is 3.33. The summed E-state index contributed by atoms with van der Waals surface area (Å²) in [6.07, 6.45) is 0.928. The summed E-state index contributed by atoms with van der Waals surface area (Å²) < 4.78 is 5.31. The molecule has 0 aliphatic carbocycles. The van der Waals surface area contributed by atoms with Gasteiger partial charge >= 0.3 is 0 Å². The lowest BCUT2D eigenvalue weighted by Crippen LogP contribution is -2.44. The number of hydrogen-bond acceptors (Lipinski definition) is 2. The molecule has 1 aliphatic rings. The third-order valence-electron chi connectivity index (χ3n) is 4.03. The van der Waals surface area contributed by atoms with Crippen molar-refractivity contribution in [2.24, 2.45) is 5.92 Å². The molecule has 1 saturated heterocycles. The summed E-state index contributed by atoms with van der Waals surface area (Å²) in [6, 6.07) is 7.85. The predicted molar refractivity (Wildman–Crippen MR) is 81.0 cm³/mol. The number of halogens is 1. The Morgan fingerprint density at radius 3 is 2.70 bits per heavy atom. The third kappa shape index (κ3) is 3.53. The van der Waals surface area contributed by atoms with Crippen LogP contribution in [-0.4, -0.2) is 37.1 Å². The molecule has 0 N–H and O–H groups in total. The highest BCUT2D eigenvalue weighted by atomic mass is 35.5. The highest BCUT2D eigenvalue weighted by Gasteiger charge is 2.28. The summed E-state index contributed by atoms with van der Waals surface area (Å²) in [5.41, 5.74) is 1.15. The Bertz CT molecular complexity index is 458. The van der Waals surface area contributed by atoms with Crippen LogP contribution in [-0.2, 0) is 9.53 Å². The van der Waals surface area contributed by atoms with E-state index in [1.807, 2.05) is 30.0 Å². The van der Waals surface area contributed by atoms with Crippen LogP contribution in [0.5, 0.6) is 0 Å². The molecule has 0 aromatic heterocycles. The summed E-state index contributed by atoms with van der Waals surface area (Å²) in [5, 5.41) is 0.729. The third-order valence-corrected chi connectivity index (χ3v) is 4.27. The van der Waals surface area contributed by atoms with E-state index in [0.29, 0.717) is 26.3 Å². The van der Waals surface area contributed by atoms with Crippen LogP contribution >= 0.6 is 11.6 Å². The Labute approximate surface area is 125 Å². The van der Waals surface area contributed by atoms with E-state index in [2.05, 4.69) is 13.0 Å². The molecule has 2 atom stereocenters. The minimum atomic E-state index is -0.0310. The molecule has 1 heterocycles. The van der Waals surface area contributed by atoms with E-state index in [-0.39, 0.29) is 17.7 Å². The average molecular weight is 296 g/mol. The van der Waals surface area contributed by atoms with Gasteiger partial charge in [-0.25, -0.2) is 0 Å². The zero-order valence-electron chi connectivity index (χ0n) is 12.1. The smallest absolute Gasteiger partial charge is 0.226 e. The number of morpholine rings is 1. The maximum atomic E-state index is 12.6. The van der Waals surface area contributed by atoms with Gasteiger partial charge in [-0.05, 0) is 30.0 Å². The van der Waals surface area contributed by atoms with Crippen LogP contribution in [0.1, 0.15) is 31.7 Å². The van der Waals surface area contributed by atoms with Gasteiger partial charge in [0.05, 0.1) is 13.2 Å². The van der Waals surface area contributed by atoms with Crippen LogP contribution in [0.15, 0.2) is 24.3 Å². The minimum Gasteiger partial charge on any atom is -0.378 e. The van der Waals surface area contributed by atoms with E-state index in [4.69, 9.17) is 16.3 Å². The van der Waals surface area contributed by atoms with Crippen LogP contribution in [0.3, 0.4) is 0 Å². The van der Waals surface area contributed by atoms with Gasteiger partial charge in [0.2, 0.25) is 5.91 Å². The summed E-state index contributed by atoms with van der Waals surface area (Å²) in [5.74, 6) is 0.403. The van der Waals surface area contributed by atoms with E-state index in [9.17, 15) is 4.79 Å². The van der Waals surface area contributed by atoms with E-state index in [1.54, 1.807) is 0 Å². The molecule has 1 aromatic carbocycles. The number of nitrogens with zero attached hydrogens (tertiary/aromatic N) is 1.